The Bertz CT molecular complexity index is 183. The van der Waals surface area contributed by atoms with Gasteiger partial charge in [-0.2, -0.15) is 4.98 Å². The summed E-state index contributed by atoms with van der Waals surface area (Å²) in [7, 11) is 0. The van der Waals surface area contributed by atoms with Crippen LogP contribution in [0.25, 0.3) is 0 Å². The van der Waals surface area contributed by atoms with Crippen LogP contribution in [0.15, 0.2) is 4.52 Å². The number of nitrogens with zero attached hydrogens (tertiary/aromatic N) is 2. The Morgan fingerprint density at radius 3 is 2.78 bits per heavy atom. The van der Waals surface area contributed by atoms with Crippen LogP contribution in [0.1, 0.15) is 25.1 Å². The highest BCUT2D eigenvalue weighted by Crippen LogP contribution is 1.96. The Morgan fingerprint density at radius 2 is 2.33 bits per heavy atom. The van der Waals surface area contributed by atoms with E-state index in [4.69, 9.17) is 4.52 Å². The average molecular weight is 126 g/mol. The van der Waals surface area contributed by atoms with Gasteiger partial charge in [0.1, 0.15) is 0 Å². The van der Waals surface area contributed by atoms with E-state index in [-0.39, 0.29) is 0 Å². The summed E-state index contributed by atoms with van der Waals surface area (Å²) in [5, 5.41) is 3.72. The van der Waals surface area contributed by atoms with E-state index in [9.17, 15) is 0 Å². The van der Waals surface area contributed by atoms with Crippen LogP contribution in [0, 0.1) is 6.92 Å². The van der Waals surface area contributed by atoms with E-state index in [1.165, 1.54) is 0 Å². The summed E-state index contributed by atoms with van der Waals surface area (Å²) in [6.07, 6.45) is 1.98. The molecule has 0 spiro atoms. The topological polar surface area (TPSA) is 38.9 Å². The summed E-state index contributed by atoms with van der Waals surface area (Å²) < 4.78 is 4.76. The fourth-order valence-corrected chi connectivity index (χ4v) is 0.666. The number of aryl methyl sites for hydroxylation is 2. The molecule has 0 bridgehead atoms. The van der Waals surface area contributed by atoms with Crippen LogP contribution in [0.3, 0.4) is 0 Å². The quantitative estimate of drug-likeness (QED) is 0.600. The third kappa shape index (κ3) is 1.52. The van der Waals surface area contributed by atoms with E-state index in [0.717, 1.165) is 18.7 Å². The Hall–Kier alpha value is -0.860. The summed E-state index contributed by atoms with van der Waals surface area (Å²) in [6, 6.07) is 0. The second kappa shape index (κ2) is 2.62. The number of rotatable bonds is 2. The van der Waals surface area contributed by atoms with Gasteiger partial charge in [0.25, 0.3) is 0 Å². The van der Waals surface area contributed by atoms with Gasteiger partial charge in [-0.15, -0.1) is 0 Å². The molecule has 1 rings (SSSR count). The van der Waals surface area contributed by atoms with Gasteiger partial charge in [-0.05, 0) is 6.42 Å². The Kier molecular flexibility index (Phi) is 1.82. The van der Waals surface area contributed by atoms with Crippen molar-refractivity contribution in [2.24, 2.45) is 0 Å². The molecule has 1 heterocycles. The van der Waals surface area contributed by atoms with Crippen LogP contribution in [-0.4, -0.2) is 10.1 Å². The molecule has 0 aliphatic carbocycles. The zero-order valence-corrected chi connectivity index (χ0v) is 5.72. The monoisotopic (exact) mass is 126 g/mol. The summed E-state index contributed by atoms with van der Waals surface area (Å²) in [5.41, 5.74) is 0. The third-order valence-corrected chi connectivity index (χ3v) is 1.04. The average Bonchev–Trinajstić information content (AvgIpc) is 2.17. The fraction of sp³-hybridized carbons (Fsp3) is 0.667. The molecule has 0 saturated carbocycles. The molecule has 1 aromatic rings. The molecule has 0 aliphatic rings. The van der Waals surface area contributed by atoms with Gasteiger partial charge in [-0.25, -0.2) is 0 Å². The van der Waals surface area contributed by atoms with Crippen LogP contribution in [0.2, 0.25) is 0 Å². The standard InChI is InChI=1S/C6H10N2O/c1-3-4-6-7-5(2)9-8-6/h3-4H2,1-2H3. The molecule has 50 valence electrons. The van der Waals surface area contributed by atoms with Crippen LogP contribution in [0.4, 0.5) is 0 Å². The van der Waals surface area contributed by atoms with Crippen molar-refractivity contribution in [1.82, 2.24) is 10.1 Å². The lowest BCUT2D eigenvalue weighted by atomic mass is 10.3. The molecule has 0 saturated heterocycles. The Labute approximate surface area is 54.1 Å². The first-order valence-electron chi connectivity index (χ1n) is 3.12. The highest BCUT2D eigenvalue weighted by molar-refractivity contribution is 4.82. The molecule has 0 aromatic carbocycles. The molecule has 9 heavy (non-hydrogen) atoms. The second-order valence-electron chi connectivity index (χ2n) is 1.98. The van der Waals surface area contributed by atoms with Gasteiger partial charge >= 0.3 is 0 Å². The zero-order valence-electron chi connectivity index (χ0n) is 5.72. The number of hydrogen-bond acceptors (Lipinski definition) is 3. The normalized spacial score (nSPS) is 10.0. The molecule has 0 radical (unpaired) electrons. The largest absolute Gasteiger partial charge is 0.340 e. The van der Waals surface area contributed by atoms with Crippen molar-refractivity contribution < 1.29 is 4.52 Å². The molecule has 1 aromatic heterocycles. The van der Waals surface area contributed by atoms with E-state index in [2.05, 4.69) is 17.1 Å². The minimum Gasteiger partial charge on any atom is -0.340 e. The van der Waals surface area contributed by atoms with Crippen molar-refractivity contribution in [2.45, 2.75) is 26.7 Å². The second-order valence-corrected chi connectivity index (χ2v) is 1.98. The van der Waals surface area contributed by atoms with Gasteiger partial charge in [0, 0.05) is 13.3 Å². The van der Waals surface area contributed by atoms with Crippen molar-refractivity contribution in [3.8, 4) is 0 Å². The molecule has 0 amide bonds. The van der Waals surface area contributed by atoms with Gasteiger partial charge in [0.2, 0.25) is 5.89 Å². The van der Waals surface area contributed by atoms with E-state index in [1.807, 2.05) is 0 Å². The van der Waals surface area contributed by atoms with Gasteiger partial charge in [0.05, 0.1) is 0 Å². The highest BCUT2D eigenvalue weighted by Gasteiger charge is 1.97. The predicted octanol–water partition coefficient (Wildman–Crippen LogP) is 1.33. The van der Waals surface area contributed by atoms with E-state index < -0.39 is 0 Å². The first kappa shape index (κ1) is 6.26. The molecule has 0 aliphatic heterocycles. The molecule has 3 nitrogen and oxygen atoms in total. The van der Waals surface area contributed by atoms with E-state index in [0.29, 0.717) is 5.89 Å². The van der Waals surface area contributed by atoms with Crippen molar-refractivity contribution in [3.05, 3.63) is 11.7 Å². The summed E-state index contributed by atoms with van der Waals surface area (Å²) >= 11 is 0. The molecule has 0 atom stereocenters. The smallest absolute Gasteiger partial charge is 0.223 e. The lowest BCUT2D eigenvalue weighted by molar-refractivity contribution is 0.387. The summed E-state index contributed by atoms with van der Waals surface area (Å²) in [4.78, 5) is 4.02. The highest BCUT2D eigenvalue weighted by atomic mass is 16.5. The SMILES string of the molecule is CCCc1noc(C)n1. The lowest BCUT2D eigenvalue weighted by Crippen LogP contribution is -1.84. The van der Waals surface area contributed by atoms with E-state index >= 15 is 0 Å². The lowest BCUT2D eigenvalue weighted by Gasteiger charge is -1.81. The predicted molar refractivity (Wildman–Crippen MR) is 33.0 cm³/mol. The van der Waals surface area contributed by atoms with Crippen LogP contribution < -0.4 is 0 Å². The van der Waals surface area contributed by atoms with Crippen molar-refractivity contribution in [3.63, 3.8) is 0 Å². The summed E-state index contributed by atoms with van der Waals surface area (Å²) in [6.45, 7) is 3.89. The first-order valence-corrected chi connectivity index (χ1v) is 3.12. The maximum Gasteiger partial charge on any atom is 0.223 e. The number of hydrogen-bond donors (Lipinski definition) is 0. The maximum atomic E-state index is 4.76. The third-order valence-electron chi connectivity index (χ3n) is 1.04. The molecular weight excluding hydrogens is 116 g/mol. The first-order chi connectivity index (χ1) is 4.33. The van der Waals surface area contributed by atoms with Crippen molar-refractivity contribution in [1.29, 1.82) is 0 Å². The van der Waals surface area contributed by atoms with Gasteiger partial charge in [-0.1, -0.05) is 12.1 Å². The molecule has 0 N–H and O–H groups in total. The molecular formula is C6H10N2O. The van der Waals surface area contributed by atoms with Gasteiger partial charge in [-0.3, -0.25) is 0 Å². The van der Waals surface area contributed by atoms with Gasteiger partial charge in [0.15, 0.2) is 5.82 Å². The van der Waals surface area contributed by atoms with E-state index in [1.54, 1.807) is 6.92 Å². The van der Waals surface area contributed by atoms with Crippen LogP contribution in [-0.2, 0) is 6.42 Å². The zero-order chi connectivity index (χ0) is 6.69. The minimum atomic E-state index is 0.651. The van der Waals surface area contributed by atoms with Gasteiger partial charge < -0.3 is 4.52 Å². The minimum absolute atomic E-state index is 0.651. The number of aromatic nitrogens is 2. The Balaban J connectivity index is 2.61. The van der Waals surface area contributed by atoms with Crippen molar-refractivity contribution >= 4 is 0 Å². The molecule has 0 fully saturated rings. The fourth-order valence-electron chi connectivity index (χ4n) is 0.666. The Morgan fingerprint density at radius 1 is 1.56 bits per heavy atom. The van der Waals surface area contributed by atoms with Crippen molar-refractivity contribution in [2.75, 3.05) is 0 Å². The van der Waals surface area contributed by atoms with Crippen LogP contribution >= 0.6 is 0 Å². The summed E-state index contributed by atoms with van der Waals surface area (Å²) in [5.74, 6) is 1.47. The maximum absolute atomic E-state index is 4.76. The molecule has 0 unspecified atom stereocenters. The molecule has 3 heteroatoms. The van der Waals surface area contributed by atoms with Crippen LogP contribution in [0.5, 0.6) is 0 Å².